The van der Waals surface area contributed by atoms with E-state index in [-0.39, 0.29) is 17.5 Å². The van der Waals surface area contributed by atoms with Crippen molar-refractivity contribution in [2.45, 2.75) is 25.3 Å². The molecule has 0 heterocycles. The van der Waals surface area contributed by atoms with Gasteiger partial charge in [0.15, 0.2) is 0 Å². The summed E-state index contributed by atoms with van der Waals surface area (Å²) in [5.41, 5.74) is 5.90. The van der Waals surface area contributed by atoms with E-state index < -0.39 is 5.82 Å². The Bertz CT molecular complexity index is 408. The molecule has 1 fully saturated rings. The minimum absolute atomic E-state index is 0.106. The van der Waals surface area contributed by atoms with Crippen LogP contribution in [0.25, 0.3) is 0 Å². The van der Waals surface area contributed by atoms with Crippen LogP contribution in [0.1, 0.15) is 29.6 Å². The molecule has 17 heavy (non-hydrogen) atoms. The number of nitrogens with one attached hydrogen (secondary N) is 1. The number of benzene rings is 1. The Kier molecular flexibility index (Phi) is 3.74. The van der Waals surface area contributed by atoms with E-state index in [2.05, 4.69) is 5.32 Å². The molecule has 0 radical (unpaired) electrons. The zero-order chi connectivity index (χ0) is 12.3. The fraction of sp³-hybridized carbons (Fsp3) is 0.462. The first kappa shape index (κ1) is 12.0. The zero-order valence-electron chi connectivity index (χ0n) is 9.66. The summed E-state index contributed by atoms with van der Waals surface area (Å²) in [5.74, 6) is -0.391. The van der Waals surface area contributed by atoms with E-state index in [4.69, 9.17) is 5.73 Å². The number of carbonyl (C=O) groups excluding carboxylic acids is 1. The predicted molar refractivity (Wildman–Crippen MR) is 64.0 cm³/mol. The van der Waals surface area contributed by atoms with Gasteiger partial charge in [0, 0.05) is 12.6 Å². The van der Waals surface area contributed by atoms with Crippen molar-refractivity contribution in [3.05, 3.63) is 35.6 Å². The monoisotopic (exact) mass is 236 g/mol. The lowest BCUT2D eigenvalue weighted by atomic mass is 10.1. The molecule has 1 aliphatic rings. The third kappa shape index (κ3) is 3.03. The third-order valence-electron chi connectivity index (χ3n) is 3.25. The summed E-state index contributed by atoms with van der Waals surface area (Å²) in [4.78, 5) is 11.7. The lowest BCUT2D eigenvalue weighted by molar-refractivity contribution is 0.0943. The summed E-state index contributed by atoms with van der Waals surface area (Å²) >= 11 is 0. The minimum Gasteiger partial charge on any atom is -0.352 e. The first-order valence-corrected chi connectivity index (χ1v) is 5.95. The van der Waals surface area contributed by atoms with Gasteiger partial charge in [-0.1, -0.05) is 12.1 Å². The molecule has 2 atom stereocenters. The fourth-order valence-corrected chi connectivity index (χ4v) is 2.28. The SMILES string of the molecule is NC1CCC(CNC(=O)c2ccccc2F)C1. The molecule has 0 aliphatic heterocycles. The Hall–Kier alpha value is -1.42. The molecule has 2 unspecified atom stereocenters. The van der Waals surface area contributed by atoms with Crippen molar-refractivity contribution in [3.8, 4) is 0 Å². The van der Waals surface area contributed by atoms with E-state index in [1.807, 2.05) is 0 Å². The van der Waals surface area contributed by atoms with Crippen LogP contribution < -0.4 is 11.1 Å². The average Bonchev–Trinajstić information content (AvgIpc) is 2.73. The number of carbonyl (C=O) groups is 1. The van der Waals surface area contributed by atoms with Crippen molar-refractivity contribution in [3.63, 3.8) is 0 Å². The van der Waals surface area contributed by atoms with Crippen molar-refractivity contribution in [2.75, 3.05) is 6.54 Å². The number of halogens is 1. The van der Waals surface area contributed by atoms with Crippen molar-refractivity contribution in [1.82, 2.24) is 5.32 Å². The van der Waals surface area contributed by atoms with Gasteiger partial charge in [-0.3, -0.25) is 4.79 Å². The molecule has 1 amide bonds. The molecule has 3 N–H and O–H groups in total. The van der Waals surface area contributed by atoms with Crippen LogP contribution in [0.2, 0.25) is 0 Å². The zero-order valence-corrected chi connectivity index (χ0v) is 9.66. The second-order valence-electron chi connectivity index (χ2n) is 4.63. The van der Waals surface area contributed by atoms with Gasteiger partial charge in [-0.15, -0.1) is 0 Å². The summed E-state index contributed by atoms with van der Waals surface area (Å²) in [6.45, 7) is 0.584. The van der Waals surface area contributed by atoms with E-state index in [1.54, 1.807) is 12.1 Å². The van der Waals surface area contributed by atoms with Gasteiger partial charge in [-0.05, 0) is 37.3 Å². The van der Waals surface area contributed by atoms with Gasteiger partial charge in [0.05, 0.1) is 5.56 Å². The van der Waals surface area contributed by atoms with Crippen LogP contribution in [0.5, 0.6) is 0 Å². The molecule has 0 spiro atoms. The third-order valence-corrected chi connectivity index (χ3v) is 3.25. The summed E-state index contributed by atoms with van der Waals surface area (Å²) < 4.78 is 13.3. The highest BCUT2D eigenvalue weighted by Crippen LogP contribution is 2.23. The highest BCUT2D eigenvalue weighted by Gasteiger charge is 2.22. The van der Waals surface area contributed by atoms with Gasteiger partial charge in [-0.2, -0.15) is 0 Å². The van der Waals surface area contributed by atoms with Gasteiger partial charge < -0.3 is 11.1 Å². The maximum atomic E-state index is 13.3. The van der Waals surface area contributed by atoms with Gasteiger partial charge >= 0.3 is 0 Å². The van der Waals surface area contributed by atoms with Crippen molar-refractivity contribution in [2.24, 2.45) is 11.7 Å². The number of amides is 1. The Labute approximate surface area is 100 Å². The molecule has 1 saturated carbocycles. The molecule has 1 aliphatic carbocycles. The lowest BCUT2D eigenvalue weighted by Gasteiger charge is -2.11. The van der Waals surface area contributed by atoms with E-state index >= 15 is 0 Å². The molecular weight excluding hydrogens is 219 g/mol. The molecule has 1 aromatic rings. The van der Waals surface area contributed by atoms with Crippen LogP contribution in [0.15, 0.2) is 24.3 Å². The normalized spacial score (nSPS) is 23.6. The van der Waals surface area contributed by atoms with E-state index in [9.17, 15) is 9.18 Å². The van der Waals surface area contributed by atoms with E-state index in [0.717, 1.165) is 19.3 Å². The molecule has 1 aromatic carbocycles. The fourth-order valence-electron chi connectivity index (χ4n) is 2.28. The Morgan fingerprint density at radius 2 is 2.18 bits per heavy atom. The molecule has 0 bridgehead atoms. The number of nitrogens with two attached hydrogens (primary N) is 1. The van der Waals surface area contributed by atoms with Crippen LogP contribution in [-0.2, 0) is 0 Å². The maximum absolute atomic E-state index is 13.3. The quantitative estimate of drug-likeness (QED) is 0.839. The van der Waals surface area contributed by atoms with Crippen LogP contribution in [0, 0.1) is 11.7 Å². The number of hydrogen-bond acceptors (Lipinski definition) is 2. The molecule has 3 nitrogen and oxygen atoms in total. The average molecular weight is 236 g/mol. The van der Waals surface area contributed by atoms with E-state index in [1.165, 1.54) is 12.1 Å². The van der Waals surface area contributed by atoms with Crippen LogP contribution >= 0.6 is 0 Å². The van der Waals surface area contributed by atoms with Gasteiger partial charge in [0.1, 0.15) is 5.82 Å². The maximum Gasteiger partial charge on any atom is 0.254 e. The van der Waals surface area contributed by atoms with Crippen LogP contribution in [0.4, 0.5) is 4.39 Å². The standard InChI is InChI=1S/C13H17FN2O/c14-12-4-2-1-3-11(12)13(17)16-8-9-5-6-10(15)7-9/h1-4,9-10H,5-8,15H2,(H,16,17). The lowest BCUT2D eigenvalue weighted by Crippen LogP contribution is -2.29. The van der Waals surface area contributed by atoms with E-state index in [0.29, 0.717) is 12.5 Å². The smallest absolute Gasteiger partial charge is 0.254 e. The van der Waals surface area contributed by atoms with Crippen molar-refractivity contribution >= 4 is 5.91 Å². The molecule has 92 valence electrons. The second-order valence-corrected chi connectivity index (χ2v) is 4.63. The first-order chi connectivity index (χ1) is 8.16. The topological polar surface area (TPSA) is 55.1 Å². The second kappa shape index (κ2) is 5.27. The Morgan fingerprint density at radius 1 is 1.41 bits per heavy atom. The Morgan fingerprint density at radius 3 is 2.82 bits per heavy atom. The van der Waals surface area contributed by atoms with Crippen molar-refractivity contribution < 1.29 is 9.18 Å². The summed E-state index contributed by atoms with van der Waals surface area (Å²) in [6.07, 6.45) is 3.00. The largest absolute Gasteiger partial charge is 0.352 e. The Balaban J connectivity index is 1.88. The van der Waals surface area contributed by atoms with Crippen LogP contribution in [0.3, 0.4) is 0 Å². The van der Waals surface area contributed by atoms with Gasteiger partial charge in [-0.25, -0.2) is 4.39 Å². The van der Waals surface area contributed by atoms with Gasteiger partial charge in [0.25, 0.3) is 5.91 Å². The first-order valence-electron chi connectivity index (χ1n) is 5.95. The highest BCUT2D eigenvalue weighted by atomic mass is 19.1. The summed E-state index contributed by atoms with van der Waals surface area (Å²) in [7, 11) is 0. The molecule has 0 saturated heterocycles. The highest BCUT2D eigenvalue weighted by molar-refractivity contribution is 5.94. The minimum atomic E-state index is -0.479. The molecule has 4 heteroatoms. The molecular formula is C13H17FN2O. The van der Waals surface area contributed by atoms with Gasteiger partial charge in [0.2, 0.25) is 0 Å². The molecule has 2 rings (SSSR count). The number of hydrogen-bond donors (Lipinski definition) is 2. The molecule has 0 aromatic heterocycles. The number of rotatable bonds is 3. The summed E-state index contributed by atoms with van der Waals surface area (Å²) in [5, 5.41) is 2.77. The van der Waals surface area contributed by atoms with Crippen LogP contribution in [-0.4, -0.2) is 18.5 Å². The van der Waals surface area contributed by atoms with Crippen molar-refractivity contribution in [1.29, 1.82) is 0 Å². The summed E-state index contributed by atoms with van der Waals surface area (Å²) in [6, 6.07) is 6.27. The predicted octanol–water partition coefficient (Wildman–Crippen LogP) is 1.68.